The Bertz CT molecular complexity index is 673. The summed E-state index contributed by atoms with van der Waals surface area (Å²) >= 11 is 1.07. The molecule has 0 aromatic carbocycles. The Labute approximate surface area is 108 Å². The number of rotatable bonds is 3. The SMILES string of the molecule is Cc1c(S(=O)(=O)NC(=O)c2ccsn2)cnn1C. The minimum absolute atomic E-state index is 0.0198. The van der Waals surface area contributed by atoms with E-state index < -0.39 is 15.9 Å². The lowest BCUT2D eigenvalue weighted by Gasteiger charge is -2.04. The third-order valence-corrected chi connectivity index (χ3v) is 4.37. The molecule has 0 atom stereocenters. The Kier molecular flexibility index (Phi) is 3.18. The van der Waals surface area contributed by atoms with Gasteiger partial charge in [-0.2, -0.15) is 9.47 Å². The summed E-state index contributed by atoms with van der Waals surface area (Å²) in [4.78, 5) is 11.6. The standard InChI is InChI=1S/C9H10N4O3S2/c1-6-8(5-10-13(6)2)18(15,16)12-9(14)7-3-4-17-11-7/h3-5H,1-2H3,(H,12,14). The van der Waals surface area contributed by atoms with Gasteiger partial charge in [0.1, 0.15) is 10.6 Å². The molecule has 0 unspecified atom stereocenters. The van der Waals surface area contributed by atoms with Crippen LogP contribution in [0.15, 0.2) is 22.5 Å². The minimum atomic E-state index is -3.91. The number of carbonyl (C=O) groups excluding carboxylic acids is 1. The van der Waals surface area contributed by atoms with Crippen molar-refractivity contribution in [3.8, 4) is 0 Å². The van der Waals surface area contributed by atoms with Crippen LogP contribution in [0.3, 0.4) is 0 Å². The fourth-order valence-electron chi connectivity index (χ4n) is 1.30. The van der Waals surface area contributed by atoms with Gasteiger partial charge < -0.3 is 0 Å². The van der Waals surface area contributed by atoms with Gasteiger partial charge in [-0.25, -0.2) is 13.1 Å². The highest BCUT2D eigenvalue weighted by atomic mass is 32.2. The quantitative estimate of drug-likeness (QED) is 0.876. The Hall–Kier alpha value is -1.74. The number of nitrogens with zero attached hydrogens (tertiary/aromatic N) is 3. The number of sulfonamides is 1. The summed E-state index contributed by atoms with van der Waals surface area (Å²) in [7, 11) is -2.29. The van der Waals surface area contributed by atoms with Crippen molar-refractivity contribution in [2.45, 2.75) is 11.8 Å². The molecule has 0 fully saturated rings. The van der Waals surface area contributed by atoms with Crippen LogP contribution >= 0.6 is 11.5 Å². The van der Waals surface area contributed by atoms with Crippen molar-refractivity contribution >= 4 is 27.5 Å². The Morgan fingerprint density at radius 1 is 1.50 bits per heavy atom. The molecular formula is C9H10N4O3S2. The Balaban J connectivity index is 2.28. The molecule has 0 radical (unpaired) electrons. The second-order valence-electron chi connectivity index (χ2n) is 3.54. The third-order valence-electron chi connectivity index (χ3n) is 2.38. The molecule has 2 heterocycles. The molecule has 7 nitrogen and oxygen atoms in total. The van der Waals surface area contributed by atoms with Gasteiger partial charge in [-0.1, -0.05) is 0 Å². The third kappa shape index (κ3) is 2.27. The Morgan fingerprint density at radius 2 is 2.22 bits per heavy atom. The second kappa shape index (κ2) is 4.50. The number of nitrogens with one attached hydrogen (secondary N) is 1. The van der Waals surface area contributed by atoms with Crippen LogP contribution in [0.5, 0.6) is 0 Å². The predicted molar refractivity (Wildman–Crippen MR) is 64.7 cm³/mol. The molecule has 0 aliphatic carbocycles. The van der Waals surface area contributed by atoms with Crippen molar-refractivity contribution in [1.29, 1.82) is 0 Å². The summed E-state index contributed by atoms with van der Waals surface area (Å²) in [5, 5.41) is 5.42. The van der Waals surface area contributed by atoms with Gasteiger partial charge in [0.05, 0.1) is 11.9 Å². The van der Waals surface area contributed by atoms with E-state index in [1.54, 1.807) is 19.4 Å². The number of carbonyl (C=O) groups is 1. The summed E-state index contributed by atoms with van der Waals surface area (Å²) in [5.41, 5.74) is 0.527. The summed E-state index contributed by atoms with van der Waals surface area (Å²) in [6.07, 6.45) is 1.20. The average molecular weight is 286 g/mol. The molecule has 9 heteroatoms. The van der Waals surface area contributed by atoms with Crippen molar-refractivity contribution in [2.24, 2.45) is 7.05 Å². The van der Waals surface area contributed by atoms with Crippen molar-refractivity contribution in [1.82, 2.24) is 18.9 Å². The van der Waals surface area contributed by atoms with E-state index in [2.05, 4.69) is 9.47 Å². The van der Waals surface area contributed by atoms with Gasteiger partial charge in [-0.3, -0.25) is 9.48 Å². The van der Waals surface area contributed by atoms with Gasteiger partial charge in [0.25, 0.3) is 15.9 Å². The van der Waals surface area contributed by atoms with Crippen molar-refractivity contribution in [2.75, 3.05) is 0 Å². The maximum absolute atomic E-state index is 12.0. The van der Waals surface area contributed by atoms with Crippen LogP contribution in [0.1, 0.15) is 16.2 Å². The van der Waals surface area contributed by atoms with Crippen LogP contribution in [-0.4, -0.2) is 28.5 Å². The van der Waals surface area contributed by atoms with Crippen LogP contribution in [0.2, 0.25) is 0 Å². The van der Waals surface area contributed by atoms with E-state index >= 15 is 0 Å². The zero-order valence-electron chi connectivity index (χ0n) is 9.61. The summed E-state index contributed by atoms with van der Waals surface area (Å²) < 4.78 is 31.1. The smallest absolute Gasteiger partial charge is 0.272 e. The fourth-order valence-corrected chi connectivity index (χ4v) is 2.97. The maximum atomic E-state index is 12.0. The molecule has 0 saturated carbocycles. The molecule has 0 aliphatic rings. The van der Waals surface area contributed by atoms with E-state index in [1.807, 2.05) is 4.72 Å². The summed E-state index contributed by atoms with van der Waals surface area (Å²) in [6, 6.07) is 1.45. The van der Waals surface area contributed by atoms with Crippen LogP contribution in [0.25, 0.3) is 0 Å². The first-order valence-electron chi connectivity index (χ1n) is 4.88. The van der Waals surface area contributed by atoms with E-state index in [-0.39, 0.29) is 10.6 Å². The lowest BCUT2D eigenvalue weighted by Crippen LogP contribution is -2.31. The first-order valence-corrected chi connectivity index (χ1v) is 7.20. The summed E-state index contributed by atoms with van der Waals surface area (Å²) in [5.74, 6) is -0.750. The van der Waals surface area contributed by atoms with E-state index in [0.717, 1.165) is 11.5 Å². The first-order chi connectivity index (χ1) is 8.42. The van der Waals surface area contributed by atoms with Crippen LogP contribution in [-0.2, 0) is 17.1 Å². The van der Waals surface area contributed by atoms with Gasteiger partial charge in [-0.05, 0) is 24.5 Å². The normalized spacial score (nSPS) is 11.4. The number of aromatic nitrogens is 3. The van der Waals surface area contributed by atoms with E-state index in [9.17, 15) is 13.2 Å². The van der Waals surface area contributed by atoms with E-state index in [0.29, 0.717) is 5.69 Å². The van der Waals surface area contributed by atoms with Gasteiger partial charge in [-0.15, -0.1) is 0 Å². The van der Waals surface area contributed by atoms with E-state index in [4.69, 9.17) is 0 Å². The molecule has 2 aromatic heterocycles. The highest BCUT2D eigenvalue weighted by Crippen LogP contribution is 2.13. The highest BCUT2D eigenvalue weighted by Gasteiger charge is 2.23. The zero-order valence-corrected chi connectivity index (χ0v) is 11.2. The molecule has 1 amide bonds. The zero-order chi connectivity index (χ0) is 13.3. The van der Waals surface area contributed by atoms with Crippen LogP contribution in [0.4, 0.5) is 0 Å². The fraction of sp³-hybridized carbons (Fsp3) is 0.222. The number of hydrogen-bond donors (Lipinski definition) is 1. The van der Waals surface area contributed by atoms with Crippen molar-refractivity contribution in [3.63, 3.8) is 0 Å². The topological polar surface area (TPSA) is 93.9 Å². The minimum Gasteiger partial charge on any atom is -0.272 e. The molecule has 2 aromatic rings. The van der Waals surface area contributed by atoms with Crippen LogP contribution in [0, 0.1) is 6.92 Å². The average Bonchev–Trinajstić information content (AvgIpc) is 2.89. The van der Waals surface area contributed by atoms with Gasteiger partial charge in [0, 0.05) is 12.4 Å². The molecule has 2 rings (SSSR count). The van der Waals surface area contributed by atoms with Crippen LogP contribution < -0.4 is 4.72 Å². The van der Waals surface area contributed by atoms with Gasteiger partial charge in [0.15, 0.2) is 0 Å². The first kappa shape index (κ1) is 12.7. The molecule has 0 saturated heterocycles. The monoisotopic (exact) mass is 286 g/mol. The number of hydrogen-bond acceptors (Lipinski definition) is 6. The molecule has 1 N–H and O–H groups in total. The molecule has 0 aliphatic heterocycles. The van der Waals surface area contributed by atoms with Gasteiger partial charge in [0.2, 0.25) is 0 Å². The molecule has 96 valence electrons. The van der Waals surface area contributed by atoms with Crippen molar-refractivity contribution in [3.05, 3.63) is 29.0 Å². The van der Waals surface area contributed by atoms with Crippen molar-refractivity contribution < 1.29 is 13.2 Å². The lowest BCUT2D eigenvalue weighted by atomic mass is 10.4. The maximum Gasteiger partial charge on any atom is 0.284 e. The molecule has 18 heavy (non-hydrogen) atoms. The number of amides is 1. The Morgan fingerprint density at radius 3 is 2.72 bits per heavy atom. The molecule has 0 bridgehead atoms. The molecule has 0 spiro atoms. The lowest BCUT2D eigenvalue weighted by molar-refractivity contribution is 0.0977. The predicted octanol–water partition coefficient (Wildman–Crippen LogP) is 0.304. The molecular weight excluding hydrogens is 276 g/mol. The largest absolute Gasteiger partial charge is 0.284 e. The highest BCUT2D eigenvalue weighted by molar-refractivity contribution is 7.90. The summed E-state index contributed by atoms with van der Waals surface area (Å²) in [6.45, 7) is 1.61. The van der Waals surface area contributed by atoms with E-state index in [1.165, 1.54) is 16.9 Å². The van der Waals surface area contributed by atoms with Gasteiger partial charge >= 0.3 is 0 Å². The second-order valence-corrected chi connectivity index (χ2v) is 5.85. The number of aryl methyl sites for hydroxylation is 1.